The van der Waals surface area contributed by atoms with Crippen molar-refractivity contribution in [3.63, 3.8) is 0 Å². The third-order valence-corrected chi connectivity index (χ3v) is 2.81. The van der Waals surface area contributed by atoms with Gasteiger partial charge in [-0.2, -0.15) is 11.8 Å². The van der Waals surface area contributed by atoms with E-state index in [0.29, 0.717) is 6.04 Å². The zero-order chi connectivity index (χ0) is 8.65. The quantitative estimate of drug-likeness (QED) is 0.500. The van der Waals surface area contributed by atoms with Gasteiger partial charge in [-0.3, -0.25) is 0 Å². The zero-order valence-corrected chi connectivity index (χ0v) is 8.24. The lowest BCUT2D eigenvalue weighted by atomic mass is 10.3. The first-order chi connectivity index (χ1) is 5.93. The van der Waals surface area contributed by atoms with Crippen molar-refractivity contribution in [1.82, 2.24) is 5.32 Å². The van der Waals surface area contributed by atoms with Gasteiger partial charge in [-0.05, 0) is 6.42 Å². The van der Waals surface area contributed by atoms with Crippen LogP contribution in [0.25, 0.3) is 0 Å². The van der Waals surface area contributed by atoms with Crippen LogP contribution < -0.4 is 5.32 Å². The molecule has 0 aromatic carbocycles. The molecule has 0 amide bonds. The molecule has 2 nitrogen and oxygen atoms in total. The molecular formula is C9H17NOS. The SMILES string of the molecule is C=CCSCCNC1CCOC1. The van der Waals surface area contributed by atoms with E-state index in [9.17, 15) is 0 Å². The Kier molecular flexibility index (Phi) is 5.48. The molecule has 0 saturated carbocycles. The predicted molar refractivity (Wildman–Crippen MR) is 54.7 cm³/mol. The fourth-order valence-electron chi connectivity index (χ4n) is 1.20. The summed E-state index contributed by atoms with van der Waals surface area (Å²) in [7, 11) is 0. The van der Waals surface area contributed by atoms with Crippen molar-refractivity contribution in [3.8, 4) is 0 Å². The predicted octanol–water partition coefficient (Wildman–Crippen LogP) is 1.28. The van der Waals surface area contributed by atoms with Gasteiger partial charge in [-0.25, -0.2) is 0 Å². The van der Waals surface area contributed by atoms with Gasteiger partial charge in [-0.15, -0.1) is 6.58 Å². The third kappa shape index (κ3) is 4.14. The molecule has 1 saturated heterocycles. The summed E-state index contributed by atoms with van der Waals surface area (Å²) >= 11 is 1.92. The fraction of sp³-hybridized carbons (Fsp3) is 0.778. The van der Waals surface area contributed by atoms with Crippen molar-refractivity contribution in [2.45, 2.75) is 12.5 Å². The van der Waals surface area contributed by atoms with Crippen LogP contribution in [0.5, 0.6) is 0 Å². The summed E-state index contributed by atoms with van der Waals surface area (Å²) in [5.41, 5.74) is 0. The minimum absolute atomic E-state index is 0.606. The van der Waals surface area contributed by atoms with E-state index in [2.05, 4.69) is 11.9 Å². The van der Waals surface area contributed by atoms with Gasteiger partial charge in [0, 0.05) is 30.7 Å². The molecule has 3 heteroatoms. The van der Waals surface area contributed by atoms with Crippen molar-refractivity contribution >= 4 is 11.8 Å². The minimum atomic E-state index is 0.606. The van der Waals surface area contributed by atoms with Gasteiger partial charge >= 0.3 is 0 Å². The van der Waals surface area contributed by atoms with Crippen LogP contribution in [-0.4, -0.2) is 37.3 Å². The van der Waals surface area contributed by atoms with Crippen molar-refractivity contribution in [1.29, 1.82) is 0 Å². The largest absolute Gasteiger partial charge is 0.380 e. The first kappa shape index (κ1) is 10.1. The Labute approximate surface area is 78.7 Å². The Bertz CT molecular complexity index is 124. The minimum Gasteiger partial charge on any atom is -0.380 e. The molecule has 70 valence electrons. The zero-order valence-electron chi connectivity index (χ0n) is 7.42. The molecule has 1 aliphatic heterocycles. The lowest BCUT2D eigenvalue weighted by Gasteiger charge is -2.08. The molecule has 1 fully saturated rings. The highest BCUT2D eigenvalue weighted by atomic mass is 32.2. The van der Waals surface area contributed by atoms with Crippen LogP contribution in [0.3, 0.4) is 0 Å². The lowest BCUT2D eigenvalue weighted by molar-refractivity contribution is 0.190. The lowest BCUT2D eigenvalue weighted by Crippen LogP contribution is -2.31. The van der Waals surface area contributed by atoms with Gasteiger partial charge in [0.2, 0.25) is 0 Å². The van der Waals surface area contributed by atoms with E-state index in [1.54, 1.807) is 0 Å². The first-order valence-corrected chi connectivity index (χ1v) is 5.58. The Morgan fingerprint density at radius 3 is 3.25 bits per heavy atom. The summed E-state index contributed by atoms with van der Waals surface area (Å²) in [6, 6.07) is 0.606. The average molecular weight is 187 g/mol. The van der Waals surface area contributed by atoms with Crippen LogP contribution in [0.1, 0.15) is 6.42 Å². The smallest absolute Gasteiger partial charge is 0.0620 e. The van der Waals surface area contributed by atoms with Gasteiger partial charge in [0.15, 0.2) is 0 Å². The van der Waals surface area contributed by atoms with Crippen LogP contribution in [-0.2, 0) is 4.74 Å². The van der Waals surface area contributed by atoms with E-state index in [0.717, 1.165) is 25.5 Å². The standard InChI is InChI=1S/C9H17NOS/c1-2-6-12-7-4-10-9-3-5-11-8-9/h2,9-10H,1,3-8H2. The van der Waals surface area contributed by atoms with E-state index >= 15 is 0 Å². The number of hydrogen-bond donors (Lipinski definition) is 1. The third-order valence-electron chi connectivity index (χ3n) is 1.84. The topological polar surface area (TPSA) is 21.3 Å². The summed E-state index contributed by atoms with van der Waals surface area (Å²) in [4.78, 5) is 0. The summed E-state index contributed by atoms with van der Waals surface area (Å²) in [6.07, 6.45) is 3.12. The molecule has 0 bridgehead atoms. The molecule has 1 aliphatic rings. The van der Waals surface area contributed by atoms with E-state index in [1.165, 1.54) is 12.2 Å². The van der Waals surface area contributed by atoms with Gasteiger partial charge in [0.05, 0.1) is 6.61 Å². The van der Waals surface area contributed by atoms with Crippen LogP contribution >= 0.6 is 11.8 Å². The molecule has 0 aliphatic carbocycles. The molecule has 1 atom stereocenters. The first-order valence-electron chi connectivity index (χ1n) is 4.43. The highest BCUT2D eigenvalue weighted by Gasteiger charge is 2.13. The van der Waals surface area contributed by atoms with E-state index in [1.807, 2.05) is 17.8 Å². The maximum Gasteiger partial charge on any atom is 0.0620 e. The normalized spacial score (nSPS) is 22.8. The number of rotatable bonds is 6. The van der Waals surface area contributed by atoms with Gasteiger partial charge in [0.1, 0.15) is 0 Å². The second-order valence-electron chi connectivity index (χ2n) is 2.88. The van der Waals surface area contributed by atoms with Crippen LogP contribution in [0.15, 0.2) is 12.7 Å². The second kappa shape index (κ2) is 6.52. The van der Waals surface area contributed by atoms with Crippen LogP contribution in [0.2, 0.25) is 0 Å². The Balaban J connectivity index is 1.84. The summed E-state index contributed by atoms with van der Waals surface area (Å²) in [5, 5.41) is 3.46. The summed E-state index contributed by atoms with van der Waals surface area (Å²) in [5.74, 6) is 2.23. The molecule has 1 rings (SSSR count). The Morgan fingerprint density at radius 1 is 1.67 bits per heavy atom. The van der Waals surface area contributed by atoms with Crippen molar-refractivity contribution in [2.75, 3.05) is 31.3 Å². The molecule has 1 heterocycles. The molecule has 1 N–H and O–H groups in total. The molecule has 0 radical (unpaired) electrons. The molecule has 0 aromatic rings. The Morgan fingerprint density at radius 2 is 2.58 bits per heavy atom. The monoisotopic (exact) mass is 187 g/mol. The highest BCUT2D eigenvalue weighted by molar-refractivity contribution is 7.99. The maximum absolute atomic E-state index is 5.25. The van der Waals surface area contributed by atoms with Crippen LogP contribution in [0.4, 0.5) is 0 Å². The van der Waals surface area contributed by atoms with E-state index in [4.69, 9.17) is 4.74 Å². The van der Waals surface area contributed by atoms with Crippen molar-refractivity contribution in [3.05, 3.63) is 12.7 Å². The van der Waals surface area contributed by atoms with E-state index in [-0.39, 0.29) is 0 Å². The highest BCUT2D eigenvalue weighted by Crippen LogP contribution is 2.03. The van der Waals surface area contributed by atoms with Crippen molar-refractivity contribution < 1.29 is 4.74 Å². The molecule has 12 heavy (non-hydrogen) atoms. The molecule has 0 spiro atoms. The average Bonchev–Trinajstić information content (AvgIpc) is 2.57. The molecular weight excluding hydrogens is 170 g/mol. The summed E-state index contributed by atoms with van der Waals surface area (Å²) < 4.78 is 5.25. The molecule has 0 aromatic heterocycles. The Hall–Kier alpha value is 0.01000. The van der Waals surface area contributed by atoms with Gasteiger partial charge in [0.25, 0.3) is 0 Å². The van der Waals surface area contributed by atoms with Gasteiger partial charge < -0.3 is 10.1 Å². The van der Waals surface area contributed by atoms with Gasteiger partial charge in [-0.1, -0.05) is 6.08 Å². The maximum atomic E-state index is 5.25. The number of nitrogens with one attached hydrogen (secondary N) is 1. The molecule has 1 unspecified atom stereocenters. The second-order valence-corrected chi connectivity index (χ2v) is 4.03. The van der Waals surface area contributed by atoms with Crippen LogP contribution in [0, 0.1) is 0 Å². The number of hydrogen-bond acceptors (Lipinski definition) is 3. The number of ether oxygens (including phenoxy) is 1. The van der Waals surface area contributed by atoms with E-state index < -0.39 is 0 Å². The number of thioether (sulfide) groups is 1. The fourth-order valence-corrected chi connectivity index (χ4v) is 1.79. The summed E-state index contributed by atoms with van der Waals surface area (Å²) in [6.45, 7) is 6.59. The van der Waals surface area contributed by atoms with Crippen molar-refractivity contribution in [2.24, 2.45) is 0 Å².